The number of carbonyl (C=O) groups is 6. The summed E-state index contributed by atoms with van der Waals surface area (Å²) < 4.78 is 4.52. The first-order valence-electron chi connectivity index (χ1n) is 8.19. The average Bonchev–Trinajstić information content (AvgIpc) is 2.66. The molecule has 0 radical (unpaired) electrons. The molecule has 0 unspecified atom stereocenters. The van der Waals surface area contributed by atoms with Crippen LogP contribution in [-0.2, 0) is 38.3 Å². The Kier molecular flexibility index (Phi) is 13.9. The van der Waals surface area contributed by atoms with Crippen molar-refractivity contribution in [3.05, 3.63) is 0 Å². The molecule has 29 heavy (non-hydrogen) atoms. The Morgan fingerprint density at radius 3 is 1.52 bits per heavy atom. The Morgan fingerprint density at radius 1 is 0.621 bits per heavy atom. The number of hydrogen-bond donors (Lipinski definition) is 7. The lowest BCUT2D eigenvalue weighted by atomic mass is 10.4. The third-order valence-corrected chi connectivity index (χ3v) is 2.78. The summed E-state index contributed by atoms with van der Waals surface area (Å²) in [6.07, 6.45) is 0. The molecular weight excluding hydrogens is 396 g/mol. The zero-order valence-electron chi connectivity index (χ0n) is 15.4. The van der Waals surface area contributed by atoms with Crippen molar-refractivity contribution >= 4 is 35.5 Å². The maximum Gasteiger partial charge on any atom is 0.329 e. The Bertz CT molecular complexity index is 598. The van der Waals surface area contributed by atoms with Crippen LogP contribution in [0.4, 0.5) is 0 Å². The molecule has 0 heterocycles. The van der Waals surface area contributed by atoms with Crippen molar-refractivity contribution < 1.29 is 43.4 Å². The fourth-order valence-electron chi connectivity index (χ4n) is 1.54. The molecule has 0 fully saturated rings. The van der Waals surface area contributed by atoms with E-state index in [4.69, 9.17) is 11.0 Å². The predicted molar refractivity (Wildman–Crippen MR) is 93.6 cm³/mol. The number of hydrogen-bond acceptors (Lipinski definition) is 9. The Balaban J connectivity index is 3.75. The quantitative estimate of drug-likeness (QED) is 0.0982. The van der Waals surface area contributed by atoms with Gasteiger partial charge in [-0.15, -0.1) is 0 Å². The van der Waals surface area contributed by atoms with Gasteiger partial charge in [0, 0.05) is 13.1 Å². The lowest BCUT2D eigenvalue weighted by Crippen LogP contribution is -2.45. The van der Waals surface area contributed by atoms with Crippen LogP contribution in [0.15, 0.2) is 0 Å². The molecule has 0 saturated heterocycles. The summed E-state index contributed by atoms with van der Waals surface area (Å²) in [6.45, 7) is -2.42. The van der Waals surface area contributed by atoms with Crippen LogP contribution in [0.2, 0.25) is 0 Å². The summed E-state index contributed by atoms with van der Waals surface area (Å²) in [5.74, 6) is 0.501. The lowest BCUT2D eigenvalue weighted by Gasteiger charge is -2.09. The van der Waals surface area contributed by atoms with Gasteiger partial charge in [0.2, 0.25) is 29.5 Å². The SMILES string of the molecule is NOCC(=O)NCCNC(=O)CNC(=O)CNC(=O)CNC(=O)COCC(=O)O. The van der Waals surface area contributed by atoms with E-state index >= 15 is 0 Å². The van der Waals surface area contributed by atoms with Crippen LogP contribution in [0.3, 0.4) is 0 Å². The van der Waals surface area contributed by atoms with Crippen LogP contribution < -0.4 is 32.5 Å². The van der Waals surface area contributed by atoms with Gasteiger partial charge in [0.25, 0.3) is 0 Å². The van der Waals surface area contributed by atoms with Crippen LogP contribution in [-0.4, -0.2) is 93.2 Å². The molecular formula is C14H24N6O9. The summed E-state index contributed by atoms with van der Waals surface area (Å²) in [5, 5.41) is 19.8. The predicted octanol–water partition coefficient (Wildman–Crippen LogP) is -5.44. The van der Waals surface area contributed by atoms with Crippen molar-refractivity contribution in [1.82, 2.24) is 26.6 Å². The number of ether oxygens (including phenoxy) is 1. The number of carboxylic acids is 1. The van der Waals surface area contributed by atoms with E-state index in [1.165, 1.54) is 0 Å². The molecule has 0 atom stereocenters. The Labute approximate surface area is 165 Å². The minimum Gasteiger partial charge on any atom is -0.480 e. The van der Waals surface area contributed by atoms with Gasteiger partial charge in [-0.05, 0) is 0 Å². The molecule has 8 N–H and O–H groups in total. The van der Waals surface area contributed by atoms with Crippen LogP contribution >= 0.6 is 0 Å². The van der Waals surface area contributed by atoms with Crippen molar-refractivity contribution in [3.63, 3.8) is 0 Å². The zero-order chi connectivity index (χ0) is 22.1. The normalized spacial score (nSPS) is 9.83. The largest absolute Gasteiger partial charge is 0.480 e. The zero-order valence-corrected chi connectivity index (χ0v) is 15.4. The standard InChI is InChI=1S/C14H24N6O9/c15-29-7-13(25)17-2-1-16-9(21)3-18-10(22)4-19-11(23)5-20-12(24)6-28-8-14(26)27/h1-8,15H2,(H,16,21)(H,17,25)(H,18,22)(H,19,23)(H,20,24)(H,26,27). The third kappa shape index (κ3) is 16.6. The fraction of sp³-hybridized carbons (Fsp3) is 0.571. The molecule has 0 bridgehead atoms. The van der Waals surface area contributed by atoms with Gasteiger partial charge in [0.1, 0.15) is 19.8 Å². The number of nitrogens with one attached hydrogen (secondary N) is 5. The van der Waals surface area contributed by atoms with Crippen molar-refractivity contribution in [1.29, 1.82) is 0 Å². The van der Waals surface area contributed by atoms with Crippen LogP contribution in [0, 0.1) is 0 Å². The van der Waals surface area contributed by atoms with Gasteiger partial charge >= 0.3 is 5.97 Å². The smallest absolute Gasteiger partial charge is 0.329 e. The summed E-state index contributed by atoms with van der Waals surface area (Å²) in [6, 6.07) is 0. The summed E-state index contributed by atoms with van der Waals surface area (Å²) >= 11 is 0. The molecule has 0 aromatic carbocycles. The molecule has 0 aliphatic carbocycles. The lowest BCUT2D eigenvalue weighted by molar-refractivity contribution is -0.144. The second-order valence-electron chi connectivity index (χ2n) is 5.23. The van der Waals surface area contributed by atoms with Crippen molar-refractivity contribution in [2.75, 3.05) is 52.5 Å². The molecule has 0 aliphatic rings. The molecule has 164 valence electrons. The van der Waals surface area contributed by atoms with Gasteiger partial charge in [0.05, 0.1) is 19.6 Å². The third-order valence-electron chi connectivity index (χ3n) is 2.78. The first kappa shape index (κ1) is 25.7. The van der Waals surface area contributed by atoms with Gasteiger partial charge in [-0.25, -0.2) is 10.7 Å². The summed E-state index contributed by atoms with van der Waals surface area (Å²) in [4.78, 5) is 71.1. The number of carboxylic acid groups (broad SMARTS) is 1. The summed E-state index contributed by atoms with van der Waals surface area (Å²) in [5.41, 5.74) is 0. The number of carbonyl (C=O) groups excluding carboxylic acids is 5. The molecule has 0 saturated carbocycles. The molecule has 0 aliphatic heterocycles. The monoisotopic (exact) mass is 420 g/mol. The van der Waals surface area contributed by atoms with E-state index in [-0.39, 0.29) is 26.2 Å². The Morgan fingerprint density at radius 2 is 1.03 bits per heavy atom. The van der Waals surface area contributed by atoms with Crippen molar-refractivity contribution in [2.24, 2.45) is 5.90 Å². The second-order valence-corrected chi connectivity index (χ2v) is 5.23. The highest BCUT2D eigenvalue weighted by Gasteiger charge is 2.09. The van der Waals surface area contributed by atoms with Crippen LogP contribution in [0.5, 0.6) is 0 Å². The van der Waals surface area contributed by atoms with E-state index in [0.717, 1.165) is 0 Å². The highest BCUT2D eigenvalue weighted by molar-refractivity contribution is 5.90. The minimum atomic E-state index is -1.24. The van der Waals surface area contributed by atoms with Gasteiger partial charge in [0.15, 0.2) is 0 Å². The minimum absolute atomic E-state index is 0.123. The summed E-state index contributed by atoms with van der Waals surface area (Å²) in [7, 11) is 0. The molecule has 0 aromatic rings. The number of rotatable bonds is 15. The van der Waals surface area contributed by atoms with E-state index in [1.807, 2.05) is 0 Å². The molecule has 5 amide bonds. The molecule has 15 heteroatoms. The highest BCUT2D eigenvalue weighted by atomic mass is 16.6. The van der Waals surface area contributed by atoms with E-state index in [9.17, 15) is 28.8 Å². The van der Waals surface area contributed by atoms with E-state index < -0.39 is 61.8 Å². The maximum atomic E-state index is 11.5. The van der Waals surface area contributed by atoms with Crippen molar-refractivity contribution in [3.8, 4) is 0 Å². The maximum absolute atomic E-state index is 11.5. The van der Waals surface area contributed by atoms with Crippen LogP contribution in [0.25, 0.3) is 0 Å². The van der Waals surface area contributed by atoms with Gasteiger partial charge in [-0.2, -0.15) is 0 Å². The molecule has 0 spiro atoms. The number of nitrogens with two attached hydrogens (primary N) is 1. The average molecular weight is 420 g/mol. The first-order valence-corrected chi connectivity index (χ1v) is 8.19. The van der Waals surface area contributed by atoms with Gasteiger partial charge in [-0.1, -0.05) is 0 Å². The van der Waals surface area contributed by atoms with E-state index in [2.05, 4.69) is 36.2 Å². The topological polar surface area (TPSA) is 227 Å². The number of aliphatic carboxylic acids is 1. The highest BCUT2D eigenvalue weighted by Crippen LogP contribution is 1.76. The second kappa shape index (κ2) is 15.7. The van der Waals surface area contributed by atoms with Crippen molar-refractivity contribution in [2.45, 2.75) is 0 Å². The Hall–Kier alpha value is -3.30. The van der Waals surface area contributed by atoms with E-state index in [1.54, 1.807) is 0 Å². The van der Waals surface area contributed by atoms with E-state index in [0.29, 0.717) is 0 Å². The van der Waals surface area contributed by atoms with Gasteiger partial charge < -0.3 is 36.4 Å². The number of amides is 5. The molecule has 0 aromatic heterocycles. The molecule has 15 nitrogen and oxygen atoms in total. The fourth-order valence-corrected chi connectivity index (χ4v) is 1.54. The molecule has 0 rings (SSSR count). The first-order chi connectivity index (χ1) is 13.7. The van der Waals surface area contributed by atoms with Gasteiger partial charge in [-0.3, -0.25) is 28.8 Å². The van der Waals surface area contributed by atoms with Crippen LogP contribution in [0.1, 0.15) is 0 Å².